The van der Waals surface area contributed by atoms with Crippen molar-refractivity contribution in [1.82, 2.24) is 15.5 Å². The van der Waals surface area contributed by atoms with Crippen LogP contribution in [0.25, 0.3) is 0 Å². The summed E-state index contributed by atoms with van der Waals surface area (Å²) in [5.41, 5.74) is 3.06. The van der Waals surface area contributed by atoms with E-state index >= 15 is 0 Å². The summed E-state index contributed by atoms with van der Waals surface area (Å²) in [5.74, 6) is 0.0177. The summed E-state index contributed by atoms with van der Waals surface area (Å²) in [6.07, 6.45) is 0.901. The van der Waals surface area contributed by atoms with Crippen molar-refractivity contribution in [2.24, 2.45) is 0 Å². The van der Waals surface area contributed by atoms with Gasteiger partial charge in [0.2, 0.25) is 11.8 Å². The molecule has 0 saturated carbocycles. The molecular weight excluding hydrogens is 516 g/mol. The number of para-hydroxylation sites is 1. The van der Waals surface area contributed by atoms with Crippen molar-refractivity contribution >= 4 is 23.5 Å². The van der Waals surface area contributed by atoms with Crippen LogP contribution in [0.1, 0.15) is 62.3 Å². The van der Waals surface area contributed by atoms with Crippen LogP contribution in [0.3, 0.4) is 0 Å². The zero-order valence-electron chi connectivity index (χ0n) is 24.4. The second kappa shape index (κ2) is 12.9. The molecule has 0 aliphatic carbocycles. The van der Waals surface area contributed by atoms with Crippen molar-refractivity contribution in [1.29, 1.82) is 0 Å². The lowest BCUT2D eigenvalue weighted by Gasteiger charge is -2.33. The van der Waals surface area contributed by atoms with Crippen molar-refractivity contribution in [3.8, 4) is 5.75 Å². The van der Waals surface area contributed by atoms with Crippen LogP contribution in [-0.2, 0) is 9.59 Å². The lowest BCUT2D eigenvalue weighted by atomic mass is 9.86. The van der Waals surface area contributed by atoms with E-state index in [0.29, 0.717) is 18.5 Å². The molecule has 1 aliphatic rings. The summed E-state index contributed by atoms with van der Waals surface area (Å²) >= 11 is 0. The quantitative estimate of drug-likeness (QED) is 0.355. The number of hydrogen-bond donors (Lipinski definition) is 3. The van der Waals surface area contributed by atoms with Gasteiger partial charge in [0.05, 0.1) is 13.2 Å². The summed E-state index contributed by atoms with van der Waals surface area (Å²) in [5, 5.41) is 8.76. The molecule has 3 atom stereocenters. The van der Waals surface area contributed by atoms with Crippen LogP contribution in [0, 0.1) is 6.92 Å². The van der Waals surface area contributed by atoms with Gasteiger partial charge in [0, 0.05) is 11.2 Å². The number of hydrogen-bond acceptors (Lipinski definition) is 4. The Kier molecular flexibility index (Phi) is 9.32. The molecule has 1 fully saturated rings. The van der Waals surface area contributed by atoms with Crippen LogP contribution >= 0.6 is 0 Å². The Hall–Kier alpha value is -4.33. The van der Waals surface area contributed by atoms with Crippen LogP contribution in [0.15, 0.2) is 78.9 Å². The minimum absolute atomic E-state index is 0.133. The average molecular weight is 557 g/mol. The zero-order valence-corrected chi connectivity index (χ0v) is 24.4. The van der Waals surface area contributed by atoms with E-state index in [1.807, 2.05) is 100 Å². The van der Waals surface area contributed by atoms with E-state index in [1.165, 1.54) is 0 Å². The van der Waals surface area contributed by atoms with Crippen LogP contribution in [0.4, 0.5) is 10.5 Å². The predicted molar refractivity (Wildman–Crippen MR) is 161 cm³/mol. The number of carbonyl (C=O) groups excluding carboxylic acids is 3. The molecule has 4 amide bonds. The Morgan fingerprint density at radius 2 is 1.66 bits per heavy atom. The third kappa shape index (κ3) is 7.87. The first-order chi connectivity index (χ1) is 19.5. The molecule has 0 aromatic heterocycles. The lowest BCUT2D eigenvalue weighted by Crippen LogP contribution is -2.53. The summed E-state index contributed by atoms with van der Waals surface area (Å²) in [4.78, 5) is 42.3. The maximum Gasteiger partial charge on any atom is 0.319 e. The van der Waals surface area contributed by atoms with Crippen molar-refractivity contribution in [2.75, 3.05) is 19.0 Å². The number of aryl methyl sites for hydroxylation is 1. The number of ether oxygens (including phenoxy) is 1. The van der Waals surface area contributed by atoms with E-state index < -0.39 is 23.7 Å². The van der Waals surface area contributed by atoms with Crippen LogP contribution in [-0.4, -0.2) is 48.0 Å². The molecule has 1 heterocycles. The zero-order chi connectivity index (χ0) is 29.6. The normalized spacial score (nSPS) is 19.2. The first kappa shape index (κ1) is 29.6. The van der Waals surface area contributed by atoms with E-state index in [9.17, 15) is 14.4 Å². The number of methoxy groups -OCH3 is 1. The van der Waals surface area contributed by atoms with Gasteiger partial charge in [0.25, 0.3) is 0 Å². The Labute approximate surface area is 242 Å². The number of amides is 4. The number of nitrogens with one attached hydrogen (secondary N) is 3. The minimum Gasteiger partial charge on any atom is -0.496 e. The molecule has 8 nitrogen and oxygen atoms in total. The van der Waals surface area contributed by atoms with Gasteiger partial charge >= 0.3 is 6.03 Å². The fraction of sp³-hybridized carbons (Fsp3) is 0.364. The largest absolute Gasteiger partial charge is 0.496 e. The summed E-state index contributed by atoms with van der Waals surface area (Å²) in [6.45, 7) is 7.52. The molecule has 3 N–H and O–H groups in total. The molecule has 0 unspecified atom stereocenters. The van der Waals surface area contributed by atoms with E-state index in [-0.39, 0.29) is 24.3 Å². The number of nitrogens with zero attached hydrogens (tertiary/aromatic N) is 1. The highest BCUT2D eigenvalue weighted by Gasteiger charge is 2.40. The maximum atomic E-state index is 14.3. The molecule has 1 saturated heterocycles. The van der Waals surface area contributed by atoms with Crippen molar-refractivity contribution in [2.45, 2.75) is 64.1 Å². The highest BCUT2D eigenvalue weighted by Crippen LogP contribution is 2.41. The van der Waals surface area contributed by atoms with Gasteiger partial charge in [0.1, 0.15) is 18.3 Å². The van der Waals surface area contributed by atoms with Crippen molar-refractivity contribution < 1.29 is 19.1 Å². The number of carbonyl (C=O) groups is 3. The topological polar surface area (TPSA) is 99.8 Å². The number of likely N-dealkylation sites (tertiary alicyclic amines) is 1. The molecular formula is C33H40N4O4. The summed E-state index contributed by atoms with van der Waals surface area (Å²) < 4.78 is 5.70. The fourth-order valence-electron chi connectivity index (χ4n) is 5.45. The summed E-state index contributed by atoms with van der Waals surface area (Å²) in [6, 6.07) is 23.2. The van der Waals surface area contributed by atoms with Gasteiger partial charge in [-0.2, -0.15) is 0 Å². The highest BCUT2D eigenvalue weighted by atomic mass is 16.5. The van der Waals surface area contributed by atoms with Gasteiger partial charge in [-0.1, -0.05) is 60.7 Å². The number of benzene rings is 3. The third-order valence-electron chi connectivity index (χ3n) is 7.16. The van der Waals surface area contributed by atoms with E-state index in [4.69, 9.17) is 4.74 Å². The lowest BCUT2D eigenvalue weighted by molar-refractivity contribution is -0.139. The number of anilines is 1. The number of rotatable bonds is 7. The molecule has 0 bridgehead atoms. The third-order valence-corrected chi connectivity index (χ3v) is 7.16. The van der Waals surface area contributed by atoms with Crippen molar-refractivity contribution in [3.05, 3.63) is 95.6 Å². The van der Waals surface area contributed by atoms with Gasteiger partial charge in [-0.15, -0.1) is 0 Å². The second-order valence-electron chi connectivity index (χ2n) is 11.6. The van der Waals surface area contributed by atoms with E-state index in [1.54, 1.807) is 18.1 Å². The molecule has 41 heavy (non-hydrogen) atoms. The first-order valence-corrected chi connectivity index (χ1v) is 14.0. The molecule has 1 aliphatic heterocycles. The number of urea groups is 1. The monoisotopic (exact) mass is 556 g/mol. The van der Waals surface area contributed by atoms with E-state index in [2.05, 4.69) is 16.0 Å². The fourth-order valence-corrected chi connectivity index (χ4v) is 5.45. The van der Waals surface area contributed by atoms with Gasteiger partial charge in [0.15, 0.2) is 0 Å². The van der Waals surface area contributed by atoms with Crippen LogP contribution < -0.4 is 20.7 Å². The SMILES string of the molecule is COc1ccccc1[C@@H]1C[C@H](c2ccccc2)N(CC(=O)NC(C)(C)C)C(=O)[C@H](NC(=O)Nc2cccc(C)c2)C1. The minimum atomic E-state index is -0.870. The van der Waals surface area contributed by atoms with Gasteiger partial charge < -0.3 is 25.6 Å². The Bertz CT molecular complexity index is 1370. The smallest absolute Gasteiger partial charge is 0.319 e. The molecule has 216 valence electrons. The molecule has 0 radical (unpaired) electrons. The first-order valence-electron chi connectivity index (χ1n) is 14.0. The highest BCUT2D eigenvalue weighted by molar-refractivity contribution is 5.95. The molecule has 0 spiro atoms. The van der Waals surface area contributed by atoms with Gasteiger partial charge in [-0.25, -0.2) is 4.79 Å². The Balaban J connectivity index is 1.73. The molecule has 3 aromatic carbocycles. The maximum absolute atomic E-state index is 14.3. The molecule has 4 rings (SSSR count). The van der Waals surface area contributed by atoms with Crippen LogP contribution in [0.2, 0.25) is 0 Å². The standard InChI is InChI=1S/C33H40N4O4/c1-22-12-11-15-25(18-22)34-32(40)35-27-19-24(26-16-9-10-17-29(26)41-5)20-28(23-13-7-6-8-14-23)37(31(27)39)21-30(38)36-33(2,3)4/h6-18,24,27-28H,19-21H2,1-5H3,(H,36,38)(H2,34,35,40)/t24-,27+,28+/m0/s1. The van der Waals surface area contributed by atoms with Crippen LogP contribution in [0.5, 0.6) is 5.75 Å². The van der Waals surface area contributed by atoms with E-state index in [0.717, 1.165) is 22.4 Å². The average Bonchev–Trinajstić information content (AvgIpc) is 3.05. The molecule has 3 aromatic rings. The Morgan fingerprint density at radius 3 is 2.34 bits per heavy atom. The predicted octanol–water partition coefficient (Wildman–Crippen LogP) is 5.56. The second-order valence-corrected chi connectivity index (χ2v) is 11.6. The van der Waals surface area contributed by atoms with Crippen molar-refractivity contribution in [3.63, 3.8) is 0 Å². The Morgan fingerprint density at radius 1 is 0.951 bits per heavy atom. The summed E-state index contributed by atoms with van der Waals surface area (Å²) in [7, 11) is 1.63. The molecule has 8 heteroatoms. The van der Waals surface area contributed by atoms with Gasteiger partial charge in [-0.3, -0.25) is 9.59 Å². The van der Waals surface area contributed by atoms with Gasteiger partial charge in [-0.05, 0) is 81.3 Å².